The number of hydrogen-bond donors (Lipinski definition) is 0. The molecule has 146 valence electrons. The first kappa shape index (κ1) is 19.6. The Bertz CT molecular complexity index is 1170. The van der Waals surface area contributed by atoms with E-state index in [2.05, 4.69) is 17.2 Å². The largest absolute Gasteiger partial charge is 0.485 e. The van der Waals surface area contributed by atoms with Crippen molar-refractivity contribution in [2.45, 2.75) is 19.6 Å². The average Bonchev–Trinajstić information content (AvgIpc) is 3.07. The second-order valence-electron chi connectivity index (χ2n) is 6.73. The highest BCUT2D eigenvalue weighted by Crippen LogP contribution is 2.26. The van der Waals surface area contributed by atoms with E-state index >= 15 is 0 Å². The molecule has 3 aromatic carbocycles. The number of benzene rings is 3. The zero-order valence-corrected chi connectivity index (χ0v) is 17.3. The number of rotatable bonds is 7. The third-order valence-electron chi connectivity index (χ3n) is 4.77. The normalized spacial score (nSPS) is 11.0. The Balaban J connectivity index is 1.67. The van der Waals surface area contributed by atoms with Crippen LogP contribution in [0.4, 0.5) is 0 Å². The molecule has 0 radical (unpaired) electrons. The summed E-state index contributed by atoms with van der Waals surface area (Å²) in [4.78, 5) is 4.80. The Morgan fingerprint density at radius 1 is 0.966 bits per heavy atom. The van der Waals surface area contributed by atoms with Crippen LogP contribution in [0.25, 0.3) is 11.0 Å². The lowest BCUT2D eigenvalue weighted by atomic mass is 10.1. The van der Waals surface area contributed by atoms with Crippen molar-refractivity contribution >= 4 is 34.2 Å². The molecular formula is C24H20Cl2N2O. The number of nitrogens with zero attached hydrogens (tertiary/aromatic N) is 2. The van der Waals surface area contributed by atoms with Crippen molar-refractivity contribution < 1.29 is 4.74 Å². The van der Waals surface area contributed by atoms with Crippen molar-refractivity contribution in [3.8, 4) is 5.75 Å². The van der Waals surface area contributed by atoms with Crippen molar-refractivity contribution in [1.82, 2.24) is 9.55 Å². The molecule has 3 nitrogen and oxygen atoms in total. The minimum atomic E-state index is 0.355. The van der Waals surface area contributed by atoms with Crippen LogP contribution in [0.15, 0.2) is 79.4 Å². The van der Waals surface area contributed by atoms with Gasteiger partial charge >= 0.3 is 0 Å². The van der Waals surface area contributed by atoms with Gasteiger partial charge in [0.05, 0.1) is 17.6 Å². The van der Waals surface area contributed by atoms with E-state index < -0.39 is 0 Å². The Morgan fingerprint density at radius 3 is 2.59 bits per heavy atom. The van der Waals surface area contributed by atoms with Crippen LogP contribution in [-0.2, 0) is 19.6 Å². The van der Waals surface area contributed by atoms with E-state index in [9.17, 15) is 0 Å². The monoisotopic (exact) mass is 422 g/mol. The van der Waals surface area contributed by atoms with Crippen LogP contribution in [0.5, 0.6) is 5.75 Å². The van der Waals surface area contributed by atoms with E-state index in [0.29, 0.717) is 23.2 Å². The number of imidazole rings is 1. The van der Waals surface area contributed by atoms with E-state index in [4.69, 9.17) is 32.9 Å². The van der Waals surface area contributed by atoms with Gasteiger partial charge in [0.25, 0.3) is 0 Å². The Hall–Kier alpha value is -2.75. The quantitative estimate of drug-likeness (QED) is 0.309. The van der Waals surface area contributed by atoms with Crippen molar-refractivity contribution in [2.24, 2.45) is 0 Å². The minimum absolute atomic E-state index is 0.355. The van der Waals surface area contributed by atoms with Gasteiger partial charge in [0.15, 0.2) is 0 Å². The lowest BCUT2D eigenvalue weighted by Gasteiger charge is -2.13. The molecule has 0 atom stereocenters. The van der Waals surface area contributed by atoms with Crippen LogP contribution in [0.3, 0.4) is 0 Å². The molecule has 1 aromatic heterocycles. The topological polar surface area (TPSA) is 27.1 Å². The average molecular weight is 423 g/mol. The number of ether oxygens (including phenoxy) is 1. The number of halogens is 2. The van der Waals surface area contributed by atoms with Gasteiger partial charge in [-0.25, -0.2) is 4.98 Å². The molecule has 0 aliphatic rings. The molecule has 1 heterocycles. The molecule has 29 heavy (non-hydrogen) atoms. The first-order valence-electron chi connectivity index (χ1n) is 9.35. The third kappa shape index (κ3) is 4.31. The molecule has 0 spiro atoms. The second kappa shape index (κ2) is 8.73. The van der Waals surface area contributed by atoms with Crippen molar-refractivity contribution in [1.29, 1.82) is 0 Å². The van der Waals surface area contributed by atoms with Crippen molar-refractivity contribution in [2.75, 3.05) is 0 Å². The molecule has 4 rings (SSSR count). The van der Waals surface area contributed by atoms with Gasteiger partial charge in [-0.2, -0.15) is 0 Å². The fourth-order valence-electron chi connectivity index (χ4n) is 3.34. The highest BCUT2D eigenvalue weighted by molar-refractivity contribution is 6.35. The lowest BCUT2D eigenvalue weighted by Crippen LogP contribution is -2.09. The van der Waals surface area contributed by atoms with Crippen molar-refractivity contribution in [3.63, 3.8) is 0 Å². The van der Waals surface area contributed by atoms with Crippen LogP contribution in [0.2, 0.25) is 10.0 Å². The summed E-state index contributed by atoms with van der Waals surface area (Å²) < 4.78 is 8.29. The fourth-order valence-corrected chi connectivity index (χ4v) is 3.81. The predicted molar refractivity (Wildman–Crippen MR) is 120 cm³/mol. The maximum Gasteiger partial charge on any atom is 0.148 e. The molecule has 0 aliphatic heterocycles. The second-order valence-corrected chi connectivity index (χ2v) is 7.57. The number of aromatic nitrogens is 2. The summed E-state index contributed by atoms with van der Waals surface area (Å²) in [5.41, 5.74) is 4.05. The van der Waals surface area contributed by atoms with E-state index in [1.807, 2.05) is 60.7 Å². The van der Waals surface area contributed by atoms with Crippen molar-refractivity contribution in [3.05, 3.63) is 106 Å². The van der Waals surface area contributed by atoms with Gasteiger partial charge in [-0.3, -0.25) is 0 Å². The maximum atomic E-state index is 6.42. The number of para-hydroxylation sites is 3. The molecule has 0 aliphatic carbocycles. The summed E-state index contributed by atoms with van der Waals surface area (Å²) in [7, 11) is 0. The molecule has 0 fully saturated rings. The molecule has 5 heteroatoms. The Labute approximate surface area is 180 Å². The first-order valence-corrected chi connectivity index (χ1v) is 10.1. The molecule has 4 aromatic rings. The summed E-state index contributed by atoms with van der Waals surface area (Å²) in [6, 6.07) is 21.6. The van der Waals surface area contributed by atoms with E-state index in [1.165, 1.54) is 0 Å². The van der Waals surface area contributed by atoms with Gasteiger partial charge in [0.1, 0.15) is 18.2 Å². The van der Waals surface area contributed by atoms with Gasteiger partial charge in [-0.1, -0.05) is 65.7 Å². The summed E-state index contributed by atoms with van der Waals surface area (Å²) in [5.74, 6) is 1.68. The molecular weight excluding hydrogens is 403 g/mol. The smallest absolute Gasteiger partial charge is 0.148 e. The van der Waals surface area contributed by atoms with E-state index in [0.717, 1.165) is 40.2 Å². The molecule has 0 saturated heterocycles. The lowest BCUT2D eigenvalue weighted by molar-refractivity contribution is 0.289. The zero-order chi connectivity index (χ0) is 20.2. The Kier molecular flexibility index (Phi) is 5.89. The van der Waals surface area contributed by atoms with Gasteiger partial charge in [-0.15, -0.1) is 6.58 Å². The Morgan fingerprint density at radius 2 is 1.76 bits per heavy atom. The first-order chi connectivity index (χ1) is 14.2. The summed E-state index contributed by atoms with van der Waals surface area (Å²) in [5, 5.41) is 1.26. The van der Waals surface area contributed by atoms with Gasteiger partial charge in [-0.05, 0) is 47.9 Å². The number of hydrogen-bond acceptors (Lipinski definition) is 2. The predicted octanol–water partition coefficient (Wildman–Crippen LogP) is 6.70. The summed E-state index contributed by atoms with van der Waals surface area (Å²) >= 11 is 12.5. The third-order valence-corrected chi connectivity index (χ3v) is 5.36. The number of allylic oxidation sites excluding steroid dienone is 1. The highest BCUT2D eigenvalue weighted by Gasteiger charge is 2.14. The standard InChI is InChI=1S/C24H20Cl2N2O/c1-2-7-17-8-3-6-11-23(17)29-16-24-27-21-9-4-5-10-22(21)28(24)15-18-12-13-19(25)14-20(18)26/h2-6,8-14H,1,7,15-16H2. The number of fused-ring (bicyclic) bond motifs is 1. The van der Waals surface area contributed by atoms with Crippen LogP contribution < -0.4 is 4.74 Å². The van der Waals surface area contributed by atoms with Gasteiger partial charge in [0.2, 0.25) is 0 Å². The van der Waals surface area contributed by atoms with Crippen LogP contribution in [0.1, 0.15) is 17.0 Å². The van der Waals surface area contributed by atoms with E-state index in [-0.39, 0.29) is 0 Å². The minimum Gasteiger partial charge on any atom is -0.485 e. The van der Waals surface area contributed by atoms with Crippen LogP contribution in [-0.4, -0.2) is 9.55 Å². The van der Waals surface area contributed by atoms with Crippen LogP contribution >= 0.6 is 23.2 Å². The van der Waals surface area contributed by atoms with Gasteiger partial charge < -0.3 is 9.30 Å². The summed E-state index contributed by atoms with van der Waals surface area (Å²) in [6.07, 6.45) is 2.63. The van der Waals surface area contributed by atoms with Gasteiger partial charge in [0, 0.05) is 10.0 Å². The molecule has 0 unspecified atom stereocenters. The maximum absolute atomic E-state index is 6.42. The van der Waals surface area contributed by atoms with Crippen LogP contribution in [0, 0.1) is 0 Å². The molecule has 0 amide bonds. The fraction of sp³-hybridized carbons (Fsp3) is 0.125. The highest BCUT2D eigenvalue weighted by atomic mass is 35.5. The summed E-state index contributed by atoms with van der Waals surface area (Å²) in [6.45, 7) is 4.77. The molecule has 0 saturated carbocycles. The SMILES string of the molecule is C=CCc1ccccc1OCc1nc2ccccc2n1Cc1ccc(Cl)cc1Cl. The molecule has 0 bridgehead atoms. The zero-order valence-electron chi connectivity index (χ0n) is 15.8. The van der Waals surface area contributed by atoms with E-state index in [1.54, 1.807) is 6.07 Å². The molecule has 0 N–H and O–H groups in total.